The topological polar surface area (TPSA) is 61.9 Å². The van der Waals surface area contributed by atoms with Gasteiger partial charge in [-0.05, 0) is 35.4 Å². The van der Waals surface area contributed by atoms with Gasteiger partial charge in [0.1, 0.15) is 0 Å². The van der Waals surface area contributed by atoms with E-state index in [0.29, 0.717) is 13.2 Å². The Morgan fingerprint density at radius 1 is 1.26 bits per heavy atom. The molecule has 6 nitrogen and oxygen atoms in total. The maximum Gasteiger partial charge on any atom is 0.368 e. The fourth-order valence-electron chi connectivity index (χ4n) is 1.99. The van der Waals surface area contributed by atoms with Crippen molar-refractivity contribution in [2.24, 2.45) is 7.05 Å². The Hall–Kier alpha value is -1.95. The molecule has 19 heavy (non-hydrogen) atoms. The maximum absolute atomic E-state index is 12.0. The summed E-state index contributed by atoms with van der Waals surface area (Å²) in [6.45, 7) is 5.13. The van der Waals surface area contributed by atoms with Crippen LogP contribution in [0.25, 0.3) is 5.69 Å². The Balaban J connectivity index is 2.55. The molecule has 0 atom stereocenters. The van der Waals surface area contributed by atoms with Crippen LogP contribution in [0.2, 0.25) is 0 Å². The second kappa shape index (κ2) is 5.79. The summed E-state index contributed by atoms with van der Waals surface area (Å²) < 4.78 is 8.02. The molecule has 1 aromatic carbocycles. The minimum absolute atomic E-state index is 0.258. The van der Waals surface area contributed by atoms with E-state index in [1.165, 1.54) is 9.36 Å². The summed E-state index contributed by atoms with van der Waals surface area (Å²) in [5.74, 6) is 0. The highest BCUT2D eigenvalue weighted by Crippen LogP contribution is 2.19. The Kier molecular flexibility index (Phi) is 4.11. The largest absolute Gasteiger partial charge is 0.377 e. The quantitative estimate of drug-likeness (QED) is 0.808. The average molecular weight is 262 g/mol. The molecule has 0 N–H and O–H groups in total. The van der Waals surface area contributed by atoms with E-state index in [2.05, 4.69) is 17.4 Å². The third-order valence-electron chi connectivity index (χ3n) is 3.03. The number of ether oxygens (including phenoxy) is 1. The molecule has 0 spiro atoms. The number of aryl methyl sites for hydroxylation is 2. The highest BCUT2D eigenvalue weighted by atomic mass is 16.5. The van der Waals surface area contributed by atoms with Crippen LogP contribution in [0.4, 0.5) is 0 Å². The number of nitrogens with zero attached hydrogens (tertiary/aromatic N) is 4. The normalized spacial score (nSPS) is 10.9. The van der Waals surface area contributed by atoms with E-state index in [0.717, 1.165) is 23.2 Å². The standard InChI is InChI=1S/C13H18N4O2/c1-4-10-7-6-8-12(11(10)9-19-5-2)17-13(18)16(3)14-15-17/h6-8H,4-5,9H2,1-3H3. The highest BCUT2D eigenvalue weighted by Gasteiger charge is 2.13. The van der Waals surface area contributed by atoms with E-state index in [1.54, 1.807) is 7.05 Å². The molecule has 0 saturated carbocycles. The van der Waals surface area contributed by atoms with Gasteiger partial charge in [-0.15, -0.1) is 0 Å². The van der Waals surface area contributed by atoms with Crippen LogP contribution in [0.5, 0.6) is 0 Å². The van der Waals surface area contributed by atoms with Crippen molar-refractivity contribution in [2.75, 3.05) is 6.61 Å². The summed E-state index contributed by atoms with van der Waals surface area (Å²) >= 11 is 0. The van der Waals surface area contributed by atoms with E-state index < -0.39 is 0 Å². The first-order valence-electron chi connectivity index (χ1n) is 6.36. The van der Waals surface area contributed by atoms with Gasteiger partial charge < -0.3 is 4.74 Å². The summed E-state index contributed by atoms with van der Waals surface area (Å²) in [5.41, 5.74) is 2.63. The molecule has 6 heteroatoms. The molecule has 0 unspecified atom stereocenters. The molecule has 1 heterocycles. The van der Waals surface area contributed by atoms with Crippen LogP contribution >= 0.6 is 0 Å². The van der Waals surface area contributed by atoms with Crippen molar-refractivity contribution in [1.82, 2.24) is 19.8 Å². The number of benzene rings is 1. The van der Waals surface area contributed by atoms with Gasteiger partial charge in [0, 0.05) is 19.2 Å². The molecule has 1 aromatic heterocycles. The van der Waals surface area contributed by atoms with Crippen molar-refractivity contribution < 1.29 is 4.74 Å². The Morgan fingerprint density at radius 3 is 2.63 bits per heavy atom. The van der Waals surface area contributed by atoms with Gasteiger partial charge in [0.25, 0.3) is 0 Å². The third-order valence-corrected chi connectivity index (χ3v) is 3.03. The van der Waals surface area contributed by atoms with Gasteiger partial charge in [-0.3, -0.25) is 0 Å². The molecule has 0 saturated heterocycles. The van der Waals surface area contributed by atoms with Crippen molar-refractivity contribution in [3.63, 3.8) is 0 Å². The van der Waals surface area contributed by atoms with Crippen molar-refractivity contribution in [3.8, 4) is 5.69 Å². The first-order valence-corrected chi connectivity index (χ1v) is 6.36. The lowest BCUT2D eigenvalue weighted by molar-refractivity contribution is 0.133. The minimum atomic E-state index is -0.258. The van der Waals surface area contributed by atoms with Crippen molar-refractivity contribution in [3.05, 3.63) is 39.8 Å². The zero-order valence-corrected chi connectivity index (χ0v) is 11.5. The summed E-state index contributed by atoms with van der Waals surface area (Å²) in [6, 6.07) is 5.83. The molecule has 0 aliphatic carbocycles. The predicted octanol–water partition coefficient (Wildman–Crippen LogP) is 1.06. The SMILES string of the molecule is CCOCc1c(CC)cccc1-n1nnn(C)c1=O. The van der Waals surface area contributed by atoms with Crippen LogP contribution in [-0.4, -0.2) is 26.4 Å². The first-order chi connectivity index (χ1) is 9.19. The number of hydrogen-bond acceptors (Lipinski definition) is 4. The molecule has 0 aliphatic rings. The molecule has 102 valence electrons. The van der Waals surface area contributed by atoms with Crippen molar-refractivity contribution in [1.29, 1.82) is 0 Å². The van der Waals surface area contributed by atoms with E-state index in [1.807, 2.05) is 25.1 Å². The van der Waals surface area contributed by atoms with Gasteiger partial charge in [0.2, 0.25) is 0 Å². The Bertz CT molecular complexity index is 615. The molecule has 0 amide bonds. The van der Waals surface area contributed by atoms with E-state index in [4.69, 9.17) is 4.74 Å². The van der Waals surface area contributed by atoms with Gasteiger partial charge in [-0.25, -0.2) is 4.79 Å². The molecular formula is C13H18N4O2. The third kappa shape index (κ3) is 2.58. The van der Waals surface area contributed by atoms with E-state index in [-0.39, 0.29) is 5.69 Å². The zero-order chi connectivity index (χ0) is 13.8. The van der Waals surface area contributed by atoms with Crippen molar-refractivity contribution in [2.45, 2.75) is 26.9 Å². The van der Waals surface area contributed by atoms with Crippen molar-refractivity contribution >= 4 is 0 Å². The molecule has 0 aliphatic heterocycles. The van der Waals surface area contributed by atoms with Crippen LogP contribution in [0.1, 0.15) is 25.0 Å². The first kappa shape index (κ1) is 13.5. The van der Waals surface area contributed by atoms with Crippen LogP contribution in [0.3, 0.4) is 0 Å². The minimum Gasteiger partial charge on any atom is -0.377 e. The summed E-state index contributed by atoms with van der Waals surface area (Å²) in [6.07, 6.45) is 0.880. The van der Waals surface area contributed by atoms with E-state index in [9.17, 15) is 4.79 Å². The van der Waals surface area contributed by atoms with Gasteiger partial charge >= 0.3 is 5.69 Å². The van der Waals surface area contributed by atoms with E-state index >= 15 is 0 Å². The number of aromatic nitrogens is 4. The van der Waals surface area contributed by atoms with Gasteiger partial charge in [0.15, 0.2) is 0 Å². The Morgan fingerprint density at radius 2 is 2.05 bits per heavy atom. The van der Waals surface area contributed by atoms with Gasteiger partial charge in [-0.1, -0.05) is 19.1 Å². The molecule has 2 aromatic rings. The van der Waals surface area contributed by atoms with Crippen LogP contribution < -0.4 is 5.69 Å². The Labute approximate surface area is 111 Å². The summed E-state index contributed by atoms with van der Waals surface area (Å²) in [7, 11) is 1.58. The predicted molar refractivity (Wildman–Crippen MR) is 71.3 cm³/mol. The molecule has 0 bridgehead atoms. The molecule has 0 fully saturated rings. The monoisotopic (exact) mass is 262 g/mol. The van der Waals surface area contributed by atoms with Gasteiger partial charge in [0.05, 0.1) is 12.3 Å². The number of hydrogen-bond donors (Lipinski definition) is 0. The number of tetrazole rings is 1. The fourth-order valence-corrected chi connectivity index (χ4v) is 1.99. The zero-order valence-electron chi connectivity index (χ0n) is 11.5. The number of rotatable bonds is 5. The molecular weight excluding hydrogens is 244 g/mol. The lowest BCUT2D eigenvalue weighted by Gasteiger charge is -2.12. The smallest absolute Gasteiger partial charge is 0.368 e. The average Bonchev–Trinajstić information content (AvgIpc) is 2.76. The molecule has 0 radical (unpaired) electrons. The summed E-state index contributed by atoms with van der Waals surface area (Å²) in [4.78, 5) is 12.0. The second-order valence-electron chi connectivity index (χ2n) is 4.20. The lowest BCUT2D eigenvalue weighted by Crippen LogP contribution is -2.23. The maximum atomic E-state index is 12.0. The fraction of sp³-hybridized carbons (Fsp3) is 0.462. The molecule has 2 rings (SSSR count). The summed E-state index contributed by atoms with van der Waals surface area (Å²) in [5, 5.41) is 7.64. The van der Waals surface area contributed by atoms with Crippen LogP contribution in [0, 0.1) is 0 Å². The van der Waals surface area contributed by atoms with Crippen LogP contribution in [-0.2, 0) is 24.8 Å². The highest BCUT2D eigenvalue weighted by molar-refractivity contribution is 5.45. The van der Waals surface area contributed by atoms with Crippen LogP contribution in [0.15, 0.2) is 23.0 Å². The van der Waals surface area contributed by atoms with Gasteiger partial charge in [-0.2, -0.15) is 9.36 Å². The second-order valence-corrected chi connectivity index (χ2v) is 4.20. The lowest BCUT2D eigenvalue weighted by atomic mass is 10.0.